The number of furan rings is 1. The van der Waals surface area contributed by atoms with Gasteiger partial charge in [-0.25, -0.2) is 9.78 Å². The molecule has 0 radical (unpaired) electrons. The molecule has 5 heteroatoms. The molecule has 5 rings (SSSR count). The number of benzene rings is 3. The van der Waals surface area contributed by atoms with Gasteiger partial charge in [0.25, 0.3) is 0 Å². The molecule has 0 amide bonds. The SMILES string of the molecule is CCOC(=O)/C=C/c1c(-c2ccccc2)oc2ccc(-c3nc4ccccc4[nH]3)cc12. The lowest BCUT2D eigenvalue weighted by Crippen LogP contribution is -1.98. The Morgan fingerprint density at radius 3 is 2.65 bits per heavy atom. The van der Waals surface area contributed by atoms with Crippen molar-refractivity contribution in [3.05, 3.63) is 84.4 Å². The number of ether oxygens (including phenoxy) is 1. The summed E-state index contributed by atoms with van der Waals surface area (Å²) in [6.07, 6.45) is 3.20. The highest BCUT2D eigenvalue weighted by molar-refractivity contribution is 5.99. The first-order valence-electron chi connectivity index (χ1n) is 10.1. The van der Waals surface area contributed by atoms with E-state index in [1.54, 1.807) is 13.0 Å². The van der Waals surface area contributed by atoms with Crippen LogP contribution in [0.1, 0.15) is 12.5 Å². The van der Waals surface area contributed by atoms with E-state index in [-0.39, 0.29) is 5.97 Å². The second kappa shape index (κ2) is 7.95. The standard InChI is InChI=1S/C26H20N2O3/c1-2-30-24(29)15-13-19-20-16-18(26-27-21-10-6-7-11-22(21)28-26)12-14-23(20)31-25(19)17-8-4-3-5-9-17/h3-16H,2H2,1H3,(H,27,28)/b15-13+. The van der Waals surface area contributed by atoms with Crippen molar-refractivity contribution >= 4 is 34.0 Å². The minimum atomic E-state index is -0.385. The number of aromatic amines is 1. The molecule has 2 heterocycles. The van der Waals surface area contributed by atoms with E-state index >= 15 is 0 Å². The van der Waals surface area contributed by atoms with Crippen LogP contribution in [0.3, 0.4) is 0 Å². The molecule has 2 aromatic heterocycles. The Kier molecular flexibility index (Phi) is 4.84. The van der Waals surface area contributed by atoms with Crippen molar-refractivity contribution in [1.82, 2.24) is 9.97 Å². The van der Waals surface area contributed by atoms with Crippen LogP contribution in [-0.2, 0) is 9.53 Å². The number of carbonyl (C=O) groups is 1. The number of H-pyrrole nitrogens is 1. The smallest absolute Gasteiger partial charge is 0.330 e. The summed E-state index contributed by atoms with van der Waals surface area (Å²) < 4.78 is 11.2. The second-order valence-electron chi connectivity index (χ2n) is 7.11. The van der Waals surface area contributed by atoms with Crippen LogP contribution in [0.5, 0.6) is 0 Å². The highest BCUT2D eigenvalue weighted by atomic mass is 16.5. The lowest BCUT2D eigenvalue weighted by molar-refractivity contribution is -0.137. The highest BCUT2D eigenvalue weighted by Gasteiger charge is 2.16. The number of fused-ring (bicyclic) bond motifs is 2. The zero-order valence-corrected chi connectivity index (χ0v) is 17.0. The van der Waals surface area contributed by atoms with Crippen molar-refractivity contribution in [1.29, 1.82) is 0 Å². The van der Waals surface area contributed by atoms with Crippen molar-refractivity contribution in [2.24, 2.45) is 0 Å². The Balaban J connectivity index is 1.67. The molecule has 0 aliphatic rings. The Bertz CT molecular complexity index is 1380. The van der Waals surface area contributed by atoms with Crippen LogP contribution in [0.25, 0.3) is 50.8 Å². The first-order valence-corrected chi connectivity index (χ1v) is 10.1. The van der Waals surface area contributed by atoms with Crippen LogP contribution in [0.2, 0.25) is 0 Å². The molecule has 152 valence electrons. The maximum absolute atomic E-state index is 12.0. The second-order valence-corrected chi connectivity index (χ2v) is 7.11. The molecule has 0 saturated heterocycles. The molecule has 0 aliphatic heterocycles. The first-order chi connectivity index (χ1) is 15.2. The predicted octanol–water partition coefficient (Wildman–Crippen LogP) is 6.22. The number of para-hydroxylation sites is 2. The number of hydrogen-bond donors (Lipinski definition) is 1. The first kappa shape index (κ1) is 18.9. The minimum Gasteiger partial charge on any atom is -0.463 e. The maximum Gasteiger partial charge on any atom is 0.330 e. The summed E-state index contributed by atoms with van der Waals surface area (Å²) in [5.41, 5.74) is 5.34. The Labute approximate surface area is 179 Å². The quantitative estimate of drug-likeness (QED) is 0.277. The minimum absolute atomic E-state index is 0.330. The molecular weight excluding hydrogens is 388 g/mol. The summed E-state index contributed by atoms with van der Waals surface area (Å²) in [6.45, 7) is 2.12. The molecule has 0 bridgehead atoms. The summed E-state index contributed by atoms with van der Waals surface area (Å²) >= 11 is 0. The Morgan fingerprint density at radius 1 is 1.03 bits per heavy atom. The van der Waals surface area contributed by atoms with Crippen molar-refractivity contribution in [3.8, 4) is 22.7 Å². The highest BCUT2D eigenvalue weighted by Crippen LogP contribution is 2.36. The van der Waals surface area contributed by atoms with E-state index in [4.69, 9.17) is 14.1 Å². The number of carbonyl (C=O) groups excluding carboxylic acids is 1. The molecule has 5 aromatic rings. The van der Waals surface area contributed by atoms with Gasteiger partial charge in [-0.1, -0.05) is 42.5 Å². The van der Waals surface area contributed by atoms with Crippen LogP contribution in [0.15, 0.2) is 83.3 Å². The fraction of sp³-hybridized carbons (Fsp3) is 0.0769. The molecule has 0 unspecified atom stereocenters. The summed E-state index contributed by atoms with van der Waals surface area (Å²) in [5.74, 6) is 1.10. The largest absolute Gasteiger partial charge is 0.463 e. The number of hydrogen-bond acceptors (Lipinski definition) is 4. The van der Waals surface area contributed by atoms with E-state index in [0.29, 0.717) is 12.4 Å². The summed E-state index contributed by atoms with van der Waals surface area (Å²) in [6, 6.07) is 23.7. The van der Waals surface area contributed by atoms with E-state index in [2.05, 4.69) is 4.98 Å². The molecule has 0 fully saturated rings. The van der Waals surface area contributed by atoms with Crippen LogP contribution >= 0.6 is 0 Å². The molecule has 0 atom stereocenters. The Hall–Kier alpha value is -4.12. The van der Waals surface area contributed by atoms with Crippen molar-refractivity contribution in [2.75, 3.05) is 6.61 Å². The molecular formula is C26H20N2O3. The lowest BCUT2D eigenvalue weighted by Gasteiger charge is -2.00. The van der Waals surface area contributed by atoms with E-state index in [1.165, 1.54) is 6.08 Å². The third kappa shape index (κ3) is 3.62. The number of rotatable bonds is 5. The van der Waals surface area contributed by atoms with Gasteiger partial charge in [-0.15, -0.1) is 0 Å². The van der Waals surface area contributed by atoms with Gasteiger partial charge < -0.3 is 14.1 Å². The van der Waals surface area contributed by atoms with E-state index < -0.39 is 0 Å². The van der Waals surface area contributed by atoms with E-state index in [0.717, 1.165) is 44.5 Å². The number of nitrogens with zero attached hydrogens (tertiary/aromatic N) is 1. The van der Waals surface area contributed by atoms with Gasteiger partial charge in [0.15, 0.2) is 0 Å². The van der Waals surface area contributed by atoms with Gasteiger partial charge in [-0.05, 0) is 43.3 Å². The number of imidazole rings is 1. The van der Waals surface area contributed by atoms with Gasteiger partial charge in [0, 0.05) is 28.2 Å². The zero-order chi connectivity index (χ0) is 21.2. The van der Waals surface area contributed by atoms with Crippen LogP contribution in [0.4, 0.5) is 0 Å². The monoisotopic (exact) mass is 408 g/mol. The average molecular weight is 408 g/mol. The predicted molar refractivity (Wildman–Crippen MR) is 122 cm³/mol. The molecule has 0 aliphatic carbocycles. The number of esters is 1. The van der Waals surface area contributed by atoms with Gasteiger partial charge in [-0.3, -0.25) is 0 Å². The molecule has 31 heavy (non-hydrogen) atoms. The van der Waals surface area contributed by atoms with Crippen LogP contribution < -0.4 is 0 Å². The summed E-state index contributed by atoms with van der Waals surface area (Å²) in [4.78, 5) is 20.0. The fourth-order valence-corrected chi connectivity index (χ4v) is 3.66. The molecule has 1 N–H and O–H groups in total. The average Bonchev–Trinajstić information content (AvgIpc) is 3.39. The molecule has 5 nitrogen and oxygen atoms in total. The number of nitrogens with one attached hydrogen (secondary N) is 1. The maximum atomic E-state index is 12.0. The molecule has 3 aromatic carbocycles. The van der Waals surface area contributed by atoms with Crippen molar-refractivity contribution < 1.29 is 13.9 Å². The third-order valence-corrected chi connectivity index (χ3v) is 5.10. The van der Waals surface area contributed by atoms with Crippen molar-refractivity contribution in [3.63, 3.8) is 0 Å². The number of aromatic nitrogens is 2. The summed E-state index contributed by atoms with van der Waals surface area (Å²) in [5, 5.41) is 0.900. The van der Waals surface area contributed by atoms with Gasteiger partial charge >= 0.3 is 5.97 Å². The van der Waals surface area contributed by atoms with E-state index in [1.807, 2.05) is 72.8 Å². The Morgan fingerprint density at radius 2 is 1.84 bits per heavy atom. The lowest BCUT2D eigenvalue weighted by atomic mass is 10.0. The summed E-state index contributed by atoms with van der Waals surface area (Å²) in [7, 11) is 0. The normalized spacial score (nSPS) is 11.5. The fourth-order valence-electron chi connectivity index (χ4n) is 3.66. The van der Waals surface area contributed by atoms with Crippen molar-refractivity contribution in [2.45, 2.75) is 6.92 Å². The van der Waals surface area contributed by atoms with Gasteiger partial charge in [-0.2, -0.15) is 0 Å². The van der Waals surface area contributed by atoms with Gasteiger partial charge in [0.1, 0.15) is 17.2 Å². The molecule has 0 saturated carbocycles. The van der Waals surface area contributed by atoms with Crippen LogP contribution in [-0.4, -0.2) is 22.5 Å². The van der Waals surface area contributed by atoms with Gasteiger partial charge in [0.05, 0.1) is 17.6 Å². The topological polar surface area (TPSA) is 68.1 Å². The zero-order valence-electron chi connectivity index (χ0n) is 17.0. The van der Waals surface area contributed by atoms with E-state index in [9.17, 15) is 4.79 Å². The molecule has 0 spiro atoms. The third-order valence-electron chi connectivity index (χ3n) is 5.10. The van der Waals surface area contributed by atoms with Gasteiger partial charge in [0.2, 0.25) is 0 Å². The van der Waals surface area contributed by atoms with Crippen LogP contribution in [0, 0.1) is 0 Å².